The van der Waals surface area contributed by atoms with Crippen molar-refractivity contribution in [3.63, 3.8) is 0 Å². The Bertz CT molecular complexity index is 942. The van der Waals surface area contributed by atoms with Gasteiger partial charge in [0.1, 0.15) is 6.04 Å². The van der Waals surface area contributed by atoms with Crippen LogP contribution in [0.4, 0.5) is 0 Å². The fourth-order valence-corrected chi connectivity index (χ4v) is 5.13. The minimum absolute atomic E-state index is 0.111. The second-order valence-electron chi connectivity index (χ2n) is 9.72. The third kappa shape index (κ3) is 4.14. The highest BCUT2D eigenvalue weighted by atomic mass is 16.2. The van der Waals surface area contributed by atoms with E-state index in [4.69, 9.17) is 5.73 Å². The molecule has 166 valence electrons. The monoisotopic (exact) mass is 426 g/mol. The molecule has 8 nitrogen and oxygen atoms in total. The van der Waals surface area contributed by atoms with Gasteiger partial charge in [0.15, 0.2) is 0 Å². The molecule has 2 aliphatic heterocycles. The number of benzene rings is 1. The number of piperidine rings is 1. The highest BCUT2D eigenvalue weighted by molar-refractivity contribution is 6.23. The molecule has 4 rings (SSSR count). The second-order valence-corrected chi connectivity index (χ2v) is 9.72. The van der Waals surface area contributed by atoms with Gasteiger partial charge in [-0.2, -0.15) is 0 Å². The van der Waals surface area contributed by atoms with E-state index in [0.717, 1.165) is 29.7 Å². The third-order valence-corrected chi connectivity index (χ3v) is 6.89. The number of hydrogen-bond donors (Lipinski definition) is 3. The van der Waals surface area contributed by atoms with Crippen molar-refractivity contribution < 1.29 is 19.2 Å². The number of carbonyl (C=O) groups is 4. The summed E-state index contributed by atoms with van der Waals surface area (Å²) >= 11 is 0. The van der Waals surface area contributed by atoms with E-state index in [2.05, 4.69) is 24.5 Å². The zero-order valence-electron chi connectivity index (χ0n) is 18.1. The van der Waals surface area contributed by atoms with E-state index < -0.39 is 23.8 Å². The largest absolute Gasteiger partial charge is 0.330 e. The Balaban J connectivity index is 1.46. The van der Waals surface area contributed by atoms with Crippen LogP contribution < -0.4 is 16.4 Å². The first-order chi connectivity index (χ1) is 14.7. The van der Waals surface area contributed by atoms with Crippen molar-refractivity contribution in [3.05, 3.63) is 34.9 Å². The molecule has 1 saturated heterocycles. The standard InChI is InChI=1S/C23H30N4O4/c1-23(2)8-7-17(14(10-23)11-24)25-12-13-3-4-15-16(9-13)22(31)27(21(15)30)18-5-6-19(28)26-20(18)29/h3-4,9,14,17-18,25H,5-8,10-12,24H2,1-2H3,(H,26,28,29). The molecular formula is C23H30N4O4. The Morgan fingerprint density at radius 3 is 2.58 bits per heavy atom. The maximum Gasteiger partial charge on any atom is 0.262 e. The van der Waals surface area contributed by atoms with Crippen LogP contribution in [-0.2, 0) is 16.1 Å². The first-order valence-corrected chi connectivity index (χ1v) is 11.0. The zero-order chi connectivity index (χ0) is 22.3. The topological polar surface area (TPSA) is 122 Å². The SMILES string of the molecule is CC1(C)CCC(NCc2ccc3c(c2)C(=O)N(C2CCC(=O)NC2=O)C3=O)C(CN)C1. The zero-order valence-corrected chi connectivity index (χ0v) is 18.1. The Kier molecular flexibility index (Phi) is 5.70. The van der Waals surface area contributed by atoms with Crippen molar-refractivity contribution in [2.45, 2.75) is 64.6 Å². The highest BCUT2D eigenvalue weighted by Gasteiger charge is 2.44. The second kappa shape index (κ2) is 8.16. The van der Waals surface area contributed by atoms with Crippen molar-refractivity contribution in [1.82, 2.24) is 15.5 Å². The number of nitrogens with two attached hydrogens (primary N) is 1. The summed E-state index contributed by atoms with van der Waals surface area (Å²) in [6, 6.07) is 4.61. The summed E-state index contributed by atoms with van der Waals surface area (Å²) in [5.41, 5.74) is 7.85. The Hall–Kier alpha value is -2.58. The van der Waals surface area contributed by atoms with Gasteiger partial charge in [0, 0.05) is 19.0 Å². The predicted octanol–water partition coefficient (Wildman–Crippen LogP) is 1.33. The summed E-state index contributed by atoms with van der Waals surface area (Å²) in [4.78, 5) is 50.4. The molecule has 4 amide bonds. The lowest BCUT2D eigenvalue weighted by molar-refractivity contribution is -0.136. The summed E-state index contributed by atoms with van der Waals surface area (Å²) in [5.74, 6) is -1.53. The molecule has 0 aromatic heterocycles. The summed E-state index contributed by atoms with van der Waals surface area (Å²) in [5, 5.41) is 5.80. The van der Waals surface area contributed by atoms with Crippen LogP contribution in [-0.4, -0.2) is 47.2 Å². The first-order valence-electron chi connectivity index (χ1n) is 11.0. The van der Waals surface area contributed by atoms with E-state index in [-0.39, 0.29) is 18.7 Å². The molecule has 0 bridgehead atoms. The average Bonchev–Trinajstić information content (AvgIpc) is 2.97. The number of hydrogen-bond acceptors (Lipinski definition) is 6. The molecular weight excluding hydrogens is 396 g/mol. The maximum atomic E-state index is 13.0. The number of fused-ring (bicyclic) bond motifs is 1. The van der Waals surface area contributed by atoms with E-state index in [1.165, 1.54) is 0 Å². The summed E-state index contributed by atoms with van der Waals surface area (Å²) in [6.07, 6.45) is 3.54. The van der Waals surface area contributed by atoms with Crippen molar-refractivity contribution in [2.75, 3.05) is 6.54 Å². The third-order valence-electron chi connectivity index (χ3n) is 6.89. The molecule has 3 atom stereocenters. The molecule has 1 aromatic carbocycles. The van der Waals surface area contributed by atoms with Crippen molar-refractivity contribution in [1.29, 1.82) is 0 Å². The number of nitrogens with zero attached hydrogens (tertiary/aromatic N) is 1. The molecule has 3 unspecified atom stereocenters. The molecule has 31 heavy (non-hydrogen) atoms. The maximum absolute atomic E-state index is 13.0. The molecule has 0 spiro atoms. The van der Waals surface area contributed by atoms with Gasteiger partial charge < -0.3 is 11.1 Å². The van der Waals surface area contributed by atoms with Gasteiger partial charge in [-0.25, -0.2) is 0 Å². The van der Waals surface area contributed by atoms with Crippen molar-refractivity contribution >= 4 is 23.6 Å². The first kappa shape index (κ1) is 21.6. The molecule has 3 aliphatic rings. The van der Waals surface area contributed by atoms with Gasteiger partial charge >= 0.3 is 0 Å². The molecule has 1 aliphatic carbocycles. The minimum atomic E-state index is -0.942. The summed E-state index contributed by atoms with van der Waals surface area (Å²) in [7, 11) is 0. The van der Waals surface area contributed by atoms with Gasteiger partial charge in [0.2, 0.25) is 11.8 Å². The van der Waals surface area contributed by atoms with Crippen molar-refractivity contribution in [2.24, 2.45) is 17.1 Å². The van der Waals surface area contributed by atoms with Crippen LogP contribution in [0.2, 0.25) is 0 Å². The Morgan fingerprint density at radius 1 is 1.13 bits per heavy atom. The van der Waals surface area contributed by atoms with E-state index in [1.807, 2.05) is 6.07 Å². The van der Waals surface area contributed by atoms with Crippen molar-refractivity contribution in [3.8, 4) is 0 Å². The van der Waals surface area contributed by atoms with Gasteiger partial charge in [-0.1, -0.05) is 19.9 Å². The lowest BCUT2D eigenvalue weighted by atomic mass is 9.70. The molecule has 2 heterocycles. The quantitative estimate of drug-likeness (QED) is 0.611. The van der Waals surface area contributed by atoms with Gasteiger partial charge in [0.25, 0.3) is 11.8 Å². The van der Waals surface area contributed by atoms with Crippen LogP contribution in [0.5, 0.6) is 0 Å². The van der Waals surface area contributed by atoms with Gasteiger partial charge in [0.05, 0.1) is 11.1 Å². The van der Waals surface area contributed by atoms with E-state index >= 15 is 0 Å². The fourth-order valence-electron chi connectivity index (χ4n) is 5.13. The highest BCUT2D eigenvalue weighted by Crippen LogP contribution is 2.38. The van der Waals surface area contributed by atoms with Crippen LogP contribution in [0.15, 0.2) is 18.2 Å². The Morgan fingerprint density at radius 2 is 1.87 bits per heavy atom. The molecule has 8 heteroatoms. The number of imide groups is 2. The van der Waals surface area contributed by atoms with Crippen LogP contribution in [0.1, 0.15) is 72.2 Å². The normalized spacial score (nSPS) is 28.0. The van der Waals surface area contributed by atoms with Gasteiger partial charge in [-0.15, -0.1) is 0 Å². The molecule has 2 fully saturated rings. The average molecular weight is 427 g/mol. The van der Waals surface area contributed by atoms with Gasteiger partial charge in [-0.3, -0.25) is 29.4 Å². The van der Waals surface area contributed by atoms with Crippen LogP contribution in [0.25, 0.3) is 0 Å². The number of carbonyl (C=O) groups excluding carboxylic acids is 4. The number of rotatable bonds is 5. The van der Waals surface area contributed by atoms with E-state index in [1.54, 1.807) is 12.1 Å². The van der Waals surface area contributed by atoms with Crippen LogP contribution in [0.3, 0.4) is 0 Å². The molecule has 0 radical (unpaired) electrons. The fraction of sp³-hybridized carbons (Fsp3) is 0.565. The smallest absolute Gasteiger partial charge is 0.262 e. The lowest BCUT2D eigenvalue weighted by Crippen LogP contribution is -2.54. The lowest BCUT2D eigenvalue weighted by Gasteiger charge is -2.40. The van der Waals surface area contributed by atoms with E-state index in [9.17, 15) is 19.2 Å². The predicted molar refractivity (Wildman–Crippen MR) is 114 cm³/mol. The minimum Gasteiger partial charge on any atom is -0.330 e. The number of amides is 4. The van der Waals surface area contributed by atoms with Gasteiger partial charge in [-0.05, 0) is 61.3 Å². The van der Waals surface area contributed by atoms with Crippen LogP contribution in [0, 0.1) is 11.3 Å². The Labute approximate surface area is 181 Å². The summed E-state index contributed by atoms with van der Waals surface area (Å²) < 4.78 is 0. The molecule has 4 N–H and O–H groups in total. The van der Waals surface area contributed by atoms with E-state index in [0.29, 0.717) is 41.6 Å². The summed E-state index contributed by atoms with van der Waals surface area (Å²) in [6.45, 7) is 5.78. The van der Waals surface area contributed by atoms with Crippen LogP contribution >= 0.6 is 0 Å². The molecule has 1 saturated carbocycles. The number of nitrogens with one attached hydrogen (secondary N) is 2. The molecule has 1 aromatic rings.